The molecule has 5 heteroatoms. The largest absolute Gasteiger partial charge is 0.490 e. The van der Waals surface area contributed by atoms with Crippen LogP contribution in [-0.4, -0.2) is 16.1 Å². The quantitative estimate of drug-likeness (QED) is 0.844. The maximum atomic E-state index is 5.86. The molecule has 0 spiro atoms. The number of rotatable bonds is 3. The number of ether oxygens (including phenoxy) is 1. The van der Waals surface area contributed by atoms with E-state index in [1.807, 2.05) is 25.1 Å². The first kappa shape index (κ1) is 11.4. The molecule has 1 aromatic carbocycles. The third-order valence-electron chi connectivity index (χ3n) is 2.63. The first-order chi connectivity index (χ1) is 8.11. The lowest BCUT2D eigenvalue weighted by Gasteiger charge is -2.15. The Morgan fingerprint density at radius 1 is 1.29 bits per heavy atom. The minimum Gasteiger partial charge on any atom is -0.490 e. The molecule has 0 aliphatic carbocycles. The molecule has 0 amide bonds. The third-order valence-corrected chi connectivity index (χ3v) is 2.63. The number of aromatic nitrogens is 2. The van der Waals surface area contributed by atoms with Gasteiger partial charge in [0.15, 0.2) is 0 Å². The fourth-order valence-corrected chi connectivity index (χ4v) is 1.60. The molecule has 0 saturated heterocycles. The molecule has 0 radical (unpaired) electrons. The van der Waals surface area contributed by atoms with Crippen molar-refractivity contribution in [3.05, 3.63) is 18.2 Å². The second kappa shape index (κ2) is 4.45. The molecular weight excluding hydrogens is 216 g/mol. The van der Waals surface area contributed by atoms with Crippen LogP contribution in [0.25, 0.3) is 10.9 Å². The van der Waals surface area contributed by atoms with Gasteiger partial charge in [0.1, 0.15) is 11.6 Å². The van der Waals surface area contributed by atoms with Crippen LogP contribution >= 0.6 is 0 Å². The molecule has 0 aliphatic heterocycles. The zero-order valence-electron chi connectivity index (χ0n) is 9.97. The number of hydrogen-bond acceptors (Lipinski definition) is 5. The Labute approximate surface area is 99.8 Å². The maximum absolute atomic E-state index is 5.86. The van der Waals surface area contributed by atoms with Crippen molar-refractivity contribution < 1.29 is 4.74 Å². The molecule has 17 heavy (non-hydrogen) atoms. The molecule has 2 rings (SSSR count). The molecule has 0 aliphatic rings. The predicted molar refractivity (Wildman–Crippen MR) is 68.7 cm³/mol. The summed E-state index contributed by atoms with van der Waals surface area (Å²) in [5.74, 6) is 1.23. The van der Waals surface area contributed by atoms with E-state index in [0.29, 0.717) is 17.1 Å². The number of nitrogen functional groups attached to an aromatic ring is 2. The summed E-state index contributed by atoms with van der Waals surface area (Å²) in [6.45, 7) is 4.07. The van der Waals surface area contributed by atoms with Crippen LogP contribution < -0.4 is 16.2 Å². The number of benzene rings is 1. The number of nitrogens with two attached hydrogens (primary N) is 2. The van der Waals surface area contributed by atoms with Crippen LogP contribution in [0.5, 0.6) is 5.75 Å². The lowest BCUT2D eigenvalue weighted by atomic mass is 10.2. The van der Waals surface area contributed by atoms with Gasteiger partial charge in [0.25, 0.3) is 0 Å². The number of fused-ring (bicyclic) bond motifs is 1. The first-order valence-electron chi connectivity index (χ1n) is 5.60. The summed E-state index contributed by atoms with van der Waals surface area (Å²) in [7, 11) is 0. The SMILES string of the molecule is CCC(C)Oc1cccc2nc(N)nc(N)c12. The van der Waals surface area contributed by atoms with Crippen molar-refractivity contribution in [2.24, 2.45) is 0 Å². The highest BCUT2D eigenvalue weighted by Crippen LogP contribution is 2.29. The molecule has 1 atom stereocenters. The summed E-state index contributed by atoms with van der Waals surface area (Å²) in [4.78, 5) is 8.10. The predicted octanol–water partition coefficient (Wildman–Crippen LogP) is 1.97. The molecule has 90 valence electrons. The molecular formula is C12H16N4O. The Morgan fingerprint density at radius 2 is 2.06 bits per heavy atom. The van der Waals surface area contributed by atoms with Crippen molar-refractivity contribution in [1.82, 2.24) is 9.97 Å². The summed E-state index contributed by atoms with van der Waals surface area (Å²) in [5, 5.41) is 0.724. The second-order valence-corrected chi connectivity index (χ2v) is 3.95. The van der Waals surface area contributed by atoms with Gasteiger partial charge >= 0.3 is 0 Å². The van der Waals surface area contributed by atoms with Gasteiger partial charge in [0.05, 0.1) is 17.0 Å². The Kier molecular flexibility index (Phi) is 2.99. The third kappa shape index (κ3) is 2.22. The van der Waals surface area contributed by atoms with Gasteiger partial charge in [-0.2, -0.15) is 4.98 Å². The van der Waals surface area contributed by atoms with Gasteiger partial charge in [-0.05, 0) is 25.5 Å². The normalized spacial score (nSPS) is 12.6. The molecule has 1 aromatic heterocycles. The van der Waals surface area contributed by atoms with Gasteiger partial charge in [0.2, 0.25) is 5.95 Å². The summed E-state index contributed by atoms with van der Waals surface area (Å²) >= 11 is 0. The molecule has 1 unspecified atom stereocenters. The smallest absolute Gasteiger partial charge is 0.222 e. The molecule has 1 heterocycles. The van der Waals surface area contributed by atoms with E-state index in [4.69, 9.17) is 16.2 Å². The van der Waals surface area contributed by atoms with Crippen LogP contribution in [0.15, 0.2) is 18.2 Å². The lowest BCUT2D eigenvalue weighted by molar-refractivity contribution is 0.220. The molecule has 0 bridgehead atoms. The van der Waals surface area contributed by atoms with E-state index in [0.717, 1.165) is 11.8 Å². The number of hydrogen-bond donors (Lipinski definition) is 2. The van der Waals surface area contributed by atoms with Crippen LogP contribution in [0.4, 0.5) is 11.8 Å². The highest BCUT2D eigenvalue weighted by atomic mass is 16.5. The summed E-state index contributed by atoms with van der Waals surface area (Å²) in [5.41, 5.74) is 12.1. The molecule has 0 fully saturated rings. The lowest BCUT2D eigenvalue weighted by Crippen LogP contribution is -2.11. The fraction of sp³-hybridized carbons (Fsp3) is 0.333. The summed E-state index contributed by atoms with van der Waals surface area (Å²) in [6.07, 6.45) is 1.05. The zero-order chi connectivity index (χ0) is 12.4. The fourth-order valence-electron chi connectivity index (χ4n) is 1.60. The molecule has 5 nitrogen and oxygen atoms in total. The van der Waals surface area contributed by atoms with Crippen molar-refractivity contribution in [3.8, 4) is 5.75 Å². The van der Waals surface area contributed by atoms with Gasteiger partial charge in [-0.3, -0.25) is 0 Å². The second-order valence-electron chi connectivity index (χ2n) is 3.95. The highest BCUT2D eigenvalue weighted by molar-refractivity contribution is 5.94. The Bertz CT molecular complexity index is 541. The average molecular weight is 232 g/mol. The molecule has 4 N–H and O–H groups in total. The summed E-state index contributed by atoms with van der Waals surface area (Å²) < 4.78 is 5.80. The number of anilines is 2. The van der Waals surface area contributed by atoms with E-state index < -0.39 is 0 Å². The van der Waals surface area contributed by atoms with Crippen molar-refractivity contribution >= 4 is 22.7 Å². The van der Waals surface area contributed by atoms with Gasteiger partial charge in [-0.1, -0.05) is 13.0 Å². The highest BCUT2D eigenvalue weighted by Gasteiger charge is 2.11. The van der Waals surface area contributed by atoms with Crippen LogP contribution in [0.1, 0.15) is 20.3 Å². The van der Waals surface area contributed by atoms with Crippen LogP contribution in [-0.2, 0) is 0 Å². The minimum atomic E-state index is 0.123. The van der Waals surface area contributed by atoms with Gasteiger partial charge < -0.3 is 16.2 Å². The van der Waals surface area contributed by atoms with E-state index >= 15 is 0 Å². The van der Waals surface area contributed by atoms with Crippen molar-refractivity contribution in [3.63, 3.8) is 0 Å². The monoisotopic (exact) mass is 232 g/mol. The topological polar surface area (TPSA) is 87.0 Å². The molecule has 0 saturated carbocycles. The number of nitrogens with zero attached hydrogens (tertiary/aromatic N) is 2. The zero-order valence-corrected chi connectivity index (χ0v) is 9.97. The van der Waals surface area contributed by atoms with E-state index in [2.05, 4.69) is 16.9 Å². The first-order valence-corrected chi connectivity index (χ1v) is 5.60. The summed E-state index contributed by atoms with van der Waals surface area (Å²) in [6, 6.07) is 5.57. The van der Waals surface area contributed by atoms with Crippen LogP contribution in [0.2, 0.25) is 0 Å². The maximum Gasteiger partial charge on any atom is 0.222 e. The minimum absolute atomic E-state index is 0.123. The van der Waals surface area contributed by atoms with E-state index in [1.165, 1.54) is 0 Å². The standard InChI is InChI=1S/C12H16N4O/c1-3-7(2)17-9-6-4-5-8-10(9)11(13)16-12(14)15-8/h4-7H,3H2,1-2H3,(H4,13,14,15,16). The average Bonchev–Trinajstić information content (AvgIpc) is 2.28. The molecule has 2 aromatic rings. The van der Waals surface area contributed by atoms with Gasteiger partial charge in [0, 0.05) is 0 Å². The van der Waals surface area contributed by atoms with Gasteiger partial charge in [-0.15, -0.1) is 0 Å². The Hall–Kier alpha value is -2.04. The van der Waals surface area contributed by atoms with Crippen molar-refractivity contribution in [2.45, 2.75) is 26.4 Å². The van der Waals surface area contributed by atoms with Gasteiger partial charge in [-0.25, -0.2) is 4.98 Å². The van der Waals surface area contributed by atoms with E-state index in [9.17, 15) is 0 Å². The van der Waals surface area contributed by atoms with E-state index in [1.54, 1.807) is 0 Å². The van der Waals surface area contributed by atoms with Crippen molar-refractivity contribution in [1.29, 1.82) is 0 Å². The van der Waals surface area contributed by atoms with Crippen molar-refractivity contribution in [2.75, 3.05) is 11.5 Å². The Morgan fingerprint density at radius 3 is 2.76 bits per heavy atom. The van der Waals surface area contributed by atoms with Crippen LogP contribution in [0, 0.1) is 0 Å². The van der Waals surface area contributed by atoms with E-state index in [-0.39, 0.29) is 12.1 Å². The Balaban J connectivity index is 2.56. The van der Waals surface area contributed by atoms with Crippen LogP contribution in [0.3, 0.4) is 0 Å².